The third-order valence-corrected chi connectivity index (χ3v) is 3.04. The fourth-order valence-electron chi connectivity index (χ4n) is 1.49. The van der Waals surface area contributed by atoms with E-state index in [1.165, 1.54) is 0 Å². The first-order valence-electron chi connectivity index (χ1n) is 6.28. The van der Waals surface area contributed by atoms with E-state index >= 15 is 0 Å². The molecule has 4 nitrogen and oxygen atoms in total. The van der Waals surface area contributed by atoms with Crippen LogP contribution in [0.15, 0.2) is 24.3 Å². The highest BCUT2D eigenvalue weighted by molar-refractivity contribution is 5.94. The van der Waals surface area contributed by atoms with E-state index in [0.717, 1.165) is 12.0 Å². The van der Waals surface area contributed by atoms with E-state index in [0.29, 0.717) is 18.5 Å². The van der Waals surface area contributed by atoms with Crippen LogP contribution < -0.4 is 11.1 Å². The summed E-state index contributed by atoms with van der Waals surface area (Å²) in [4.78, 5) is 11.8. The molecule has 1 rings (SSSR count). The van der Waals surface area contributed by atoms with E-state index in [-0.39, 0.29) is 12.5 Å². The normalized spacial score (nSPS) is 14.0. The van der Waals surface area contributed by atoms with E-state index in [4.69, 9.17) is 5.73 Å². The monoisotopic (exact) mass is 250 g/mol. The predicted octanol–water partition coefficient (Wildman–Crippen LogP) is 1.08. The van der Waals surface area contributed by atoms with Gasteiger partial charge in [-0.2, -0.15) is 0 Å². The highest BCUT2D eigenvalue weighted by Gasteiger charge is 2.18. The highest BCUT2D eigenvalue weighted by Crippen LogP contribution is 2.08. The van der Waals surface area contributed by atoms with Gasteiger partial charge in [-0.1, -0.05) is 19.1 Å². The van der Waals surface area contributed by atoms with Gasteiger partial charge in [-0.05, 0) is 44.0 Å². The summed E-state index contributed by atoms with van der Waals surface area (Å²) in [6.45, 7) is 4.45. The van der Waals surface area contributed by atoms with Gasteiger partial charge in [0.1, 0.15) is 0 Å². The van der Waals surface area contributed by atoms with Crippen molar-refractivity contribution >= 4 is 5.91 Å². The number of hydrogen-bond donors (Lipinski definition) is 3. The average molecular weight is 250 g/mol. The fourth-order valence-corrected chi connectivity index (χ4v) is 1.49. The van der Waals surface area contributed by atoms with Gasteiger partial charge < -0.3 is 16.2 Å². The maximum Gasteiger partial charge on any atom is 0.251 e. The number of hydrogen-bond acceptors (Lipinski definition) is 3. The highest BCUT2D eigenvalue weighted by atomic mass is 16.3. The van der Waals surface area contributed by atoms with Crippen LogP contribution in [0, 0.1) is 0 Å². The van der Waals surface area contributed by atoms with Gasteiger partial charge in [0.05, 0.1) is 5.60 Å². The van der Waals surface area contributed by atoms with Crippen molar-refractivity contribution in [2.75, 3.05) is 13.1 Å². The molecule has 1 atom stereocenters. The van der Waals surface area contributed by atoms with Crippen LogP contribution in [0.3, 0.4) is 0 Å². The van der Waals surface area contributed by atoms with E-state index in [1.807, 2.05) is 19.1 Å². The molecule has 4 N–H and O–H groups in total. The molecule has 1 unspecified atom stereocenters. The van der Waals surface area contributed by atoms with Crippen LogP contribution >= 0.6 is 0 Å². The Morgan fingerprint density at radius 3 is 2.50 bits per heavy atom. The lowest BCUT2D eigenvalue weighted by atomic mass is 10.0. The van der Waals surface area contributed by atoms with Crippen molar-refractivity contribution in [3.8, 4) is 0 Å². The molecule has 0 aliphatic carbocycles. The zero-order valence-corrected chi connectivity index (χ0v) is 11.1. The molecule has 0 aliphatic heterocycles. The van der Waals surface area contributed by atoms with E-state index in [9.17, 15) is 9.90 Å². The molecule has 0 saturated carbocycles. The number of nitrogens with one attached hydrogen (secondary N) is 1. The van der Waals surface area contributed by atoms with Gasteiger partial charge in [0.2, 0.25) is 0 Å². The lowest BCUT2D eigenvalue weighted by Gasteiger charge is -2.21. The molecular weight excluding hydrogens is 228 g/mol. The predicted molar refractivity (Wildman–Crippen MR) is 72.4 cm³/mol. The Morgan fingerprint density at radius 1 is 1.39 bits per heavy atom. The molecule has 1 aromatic carbocycles. The van der Waals surface area contributed by atoms with Gasteiger partial charge in [-0.15, -0.1) is 0 Å². The Morgan fingerprint density at radius 2 is 2.00 bits per heavy atom. The first kappa shape index (κ1) is 14.7. The molecule has 0 radical (unpaired) electrons. The molecule has 0 aromatic heterocycles. The Hall–Kier alpha value is -1.39. The Labute approximate surface area is 108 Å². The minimum atomic E-state index is -0.852. The Balaban J connectivity index is 2.56. The standard InChI is InChI=1S/C14H22N2O2/c1-3-14(2,18)10-16-13(17)12-6-4-11(5-7-12)8-9-15/h4-7,18H,3,8-10,15H2,1-2H3,(H,16,17). The number of rotatable bonds is 6. The van der Waals surface area contributed by atoms with Crippen molar-refractivity contribution in [2.45, 2.75) is 32.3 Å². The maximum absolute atomic E-state index is 11.8. The second kappa shape index (κ2) is 6.52. The zero-order valence-electron chi connectivity index (χ0n) is 11.1. The van der Waals surface area contributed by atoms with Crippen LogP contribution in [0.5, 0.6) is 0 Å². The Kier molecular flexibility index (Phi) is 5.31. The molecule has 100 valence electrons. The first-order chi connectivity index (χ1) is 8.48. The van der Waals surface area contributed by atoms with Crippen LogP contribution in [-0.2, 0) is 6.42 Å². The first-order valence-corrected chi connectivity index (χ1v) is 6.28. The SMILES string of the molecule is CCC(C)(O)CNC(=O)c1ccc(CCN)cc1. The summed E-state index contributed by atoms with van der Waals surface area (Å²) >= 11 is 0. The number of carbonyl (C=O) groups is 1. The van der Waals surface area contributed by atoms with Crippen molar-refractivity contribution in [1.29, 1.82) is 0 Å². The molecule has 0 heterocycles. The van der Waals surface area contributed by atoms with Gasteiger partial charge in [0.15, 0.2) is 0 Å². The number of amides is 1. The molecule has 1 aromatic rings. The number of aliphatic hydroxyl groups is 1. The molecule has 0 bridgehead atoms. The van der Waals surface area contributed by atoms with Crippen molar-refractivity contribution in [2.24, 2.45) is 5.73 Å². The molecular formula is C14H22N2O2. The van der Waals surface area contributed by atoms with Crippen molar-refractivity contribution < 1.29 is 9.90 Å². The maximum atomic E-state index is 11.8. The van der Waals surface area contributed by atoms with Gasteiger partial charge in [-0.25, -0.2) is 0 Å². The van der Waals surface area contributed by atoms with Crippen LogP contribution in [0.4, 0.5) is 0 Å². The molecule has 4 heteroatoms. The number of benzene rings is 1. The van der Waals surface area contributed by atoms with E-state index < -0.39 is 5.60 Å². The number of nitrogens with two attached hydrogens (primary N) is 1. The second-order valence-corrected chi connectivity index (χ2v) is 4.77. The Bertz CT molecular complexity index is 385. The van der Waals surface area contributed by atoms with Crippen LogP contribution in [0.1, 0.15) is 36.2 Å². The zero-order chi connectivity index (χ0) is 13.6. The van der Waals surface area contributed by atoms with Gasteiger partial charge in [-0.3, -0.25) is 4.79 Å². The molecule has 0 spiro atoms. The van der Waals surface area contributed by atoms with Crippen molar-refractivity contribution in [3.63, 3.8) is 0 Å². The van der Waals surface area contributed by atoms with Gasteiger partial charge in [0.25, 0.3) is 5.91 Å². The summed E-state index contributed by atoms with van der Waals surface area (Å²) in [7, 11) is 0. The lowest BCUT2D eigenvalue weighted by molar-refractivity contribution is 0.0518. The van der Waals surface area contributed by atoms with E-state index in [2.05, 4.69) is 5.32 Å². The third-order valence-electron chi connectivity index (χ3n) is 3.04. The second-order valence-electron chi connectivity index (χ2n) is 4.77. The number of carbonyl (C=O) groups excluding carboxylic acids is 1. The topological polar surface area (TPSA) is 75.3 Å². The van der Waals surface area contributed by atoms with Gasteiger partial charge >= 0.3 is 0 Å². The third kappa shape index (κ3) is 4.47. The van der Waals surface area contributed by atoms with Crippen molar-refractivity contribution in [3.05, 3.63) is 35.4 Å². The molecule has 0 aliphatic rings. The van der Waals surface area contributed by atoms with Gasteiger partial charge in [0, 0.05) is 12.1 Å². The molecule has 0 saturated heterocycles. The summed E-state index contributed by atoms with van der Waals surface area (Å²) in [6, 6.07) is 7.36. The molecule has 18 heavy (non-hydrogen) atoms. The molecule has 0 fully saturated rings. The lowest BCUT2D eigenvalue weighted by Crippen LogP contribution is -2.40. The molecule has 1 amide bonds. The van der Waals surface area contributed by atoms with Crippen LogP contribution in [-0.4, -0.2) is 29.7 Å². The quantitative estimate of drug-likeness (QED) is 0.707. The minimum absolute atomic E-state index is 0.164. The fraction of sp³-hybridized carbons (Fsp3) is 0.500. The minimum Gasteiger partial charge on any atom is -0.388 e. The summed E-state index contributed by atoms with van der Waals surface area (Å²) in [5.41, 5.74) is 6.33. The van der Waals surface area contributed by atoms with E-state index in [1.54, 1.807) is 19.1 Å². The van der Waals surface area contributed by atoms with Crippen LogP contribution in [0.25, 0.3) is 0 Å². The van der Waals surface area contributed by atoms with Crippen LogP contribution in [0.2, 0.25) is 0 Å². The summed E-state index contributed by atoms with van der Waals surface area (Å²) in [5, 5.41) is 12.5. The smallest absolute Gasteiger partial charge is 0.251 e. The largest absolute Gasteiger partial charge is 0.388 e. The average Bonchev–Trinajstić information content (AvgIpc) is 2.37. The summed E-state index contributed by atoms with van der Waals surface area (Å²) < 4.78 is 0. The van der Waals surface area contributed by atoms with Crippen molar-refractivity contribution in [1.82, 2.24) is 5.32 Å². The summed E-state index contributed by atoms with van der Waals surface area (Å²) in [6.07, 6.45) is 1.41. The summed E-state index contributed by atoms with van der Waals surface area (Å²) in [5.74, 6) is -0.164.